The summed E-state index contributed by atoms with van der Waals surface area (Å²) in [4.78, 5) is 26.5. The molecule has 0 aliphatic rings. The second-order valence-electron chi connectivity index (χ2n) is 5.31. The van der Waals surface area contributed by atoms with Gasteiger partial charge in [-0.1, -0.05) is 0 Å². The first-order valence-electron chi connectivity index (χ1n) is 6.55. The fourth-order valence-electron chi connectivity index (χ4n) is 1.39. The lowest BCUT2D eigenvalue weighted by Crippen LogP contribution is -2.38. The Kier molecular flexibility index (Phi) is 6.47. The van der Waals surface area contributed by atoms with Crippen LogP contribution in [0.4, 0.5) is 4.79 Å². The molecule has 0 fully saturated rings. The van der Waals surface area contributed by atoms with Crippen LogP contribution in [0, 0.1) is 0 Å². The molecule has 0 bridgehead atoms. The predicted octanol–water partition coefficient (Wildman–Crippen LogP) is 0.733. The van der Waals surface area contributed by atoms with Crippen molar-refractivity contribution < 1.29 is 27.5 Å². The number of esters is 1. The van der Waals surface area contributed by atoms with E-state index in [1.807, 2.05) is 0 Å². The lowest BCUT2D eigenvalue weighted by Gasteiger charge is -2.19. The quantitative estimate of drug-likeness (QED) is 0.562. The summed E-state index contributed by atoms with van der Waals surface area (Å²) in [5.74, 6) is -0.835. The molecule has 1 rings (SSSR count). The number of aromatic nitrogens is 1. The smallest absolute Gasteiger partial charge is 0.407 e. The number of methoxy groups -OCH3 is 1. The Morgan fingerprint density at radius 2 is 1.96 bits per heavy atom. The van der Waals surface area contributed by atoms with Gasteiger partial charge >= 0.3 is 12.1 Å². The number of amides is 1. The van der Waals surface area contributed by atoms with E-state index in [9.17, 15) is 18.0 Å². The second kappa shape index (κ2) is 7.70. The van der Waals surface area contributed by atoms with Crippen molar-refractivity contribution in [2.75, 3.05) is 20.2 Å². The molecule has 1 aromatic heterocycles. The molecule has 0 saturated heterocycles. The number of ether oxygens (including phenoxy) is 2. The van der Waals surface area contributed by atoms with Crippen molar-refractivity contribution in [2.24, 2.45) is 0 Å². The van der Waals surface area contributed by atoms with Crippen molar-refractivity contribution in [3.8, 4) is 0 Å². The maximum atomic E-state index is 12.1. The number of rotatable bonds is 6. The first-order chi connectivity index (χ1) is 10.6. The van der Waals surface area contributed by atoms with E-state index in [0.29, 0.717) is 0 Å². The van der Waals surface area contributed by atoms with Gasteiger partial charge in [-0.05, 0) is 20.8 Å². The van der Waals surface area contributed by atoms with Crippen molar-refractivity contribution >= 4 is 33.4 Å². The number of hydrogen-bond donors (Lipinski definition) is 2. The lowest BCUT2D eigenvalue weighted by atomic mass is 10.2. The normalized spacial score (nSPS) is 11.8. The van der Waals surface area contributed by atoms with Crippen molar-refractivity contribution in [1.29, 1.82) is 0 Å². The molecule has 9 nitrogen and oxygen atoms in total. The van der Waals surface area contributed by atoms with Crippen LogP contribution in [-0.4, -0.2) is 51.3 Å². The fraction of sp³-hybridized carbons (Fsp3) is 0.583. The molecule has 0 saturated carbocycles. The minimum absolute atomic E-state index is 0.0283. The van der Waals surface area contributed by atoms with E-state index < -0.39 is 27.7 Å². The molecule has 0 aliphatic carbocycles. The van der Waals surface area contributed by atoms with Gasteiger partial charge in [0.25, 0.3) is 10.0 Å². The molecule has 1 aromatic rings. The largest absolute Gasteiger partial charge is 0.464 e. The number of carbonyl (C=O) groups excluding carboxylic acids is 2. The van der Waals surface area contributed by atoms with E-state index in [-0.39, 0.29) is 23.0 Å². The third-order valence-electron chi connectivity index (χ3n) is 2.24. The first kappa shape index (κ1) is 19.3. The van der Waals surface area contributed by atoms with Crippen LogP contribution in [0.2, 0.25) is 0 Å². The Morgan fingerprint density at radius 1 is 1.30 bits per heavy atom. The number of carbonyl (C=O) groups is 2. The summed E-state index contributed by atoms with van der Waals surface area (Å²) >= 11 is 0.798. The van der Waals surface area contributed by atoms with Crippen LogP contribution >= 0.6 is 11.3 Å². The predicted molar refractivity (Wildman–Crippen MR) is 82.9 cm³/mol. The van der Waals surface area contributed by atoms with E-state index in [1.54, 1.807) is 20.8 Å². The van der Waals surface area contributed by atoms with Crippen molar-refractivity contribution in [3.05, 3.63) is 11.2 Å². The molecule has 1 heterocycles. The van der Waals surface area contributed by atoms with Crippen LogP contribution in [0.15, 0.2) is 9.72 Å². The number of nitrogens with one attached hydrogen (secondary N) is 2. The third-order valence-corrected chi connectivity index (χ3v) is 5.07. The second-order valence-corrected chi connectivity index (χ2v) is 8.12. The summed E-state index contributed by atoms with van der Waals surface area (Å²) < 4.78 is 35.7. The minimum Gasteiger partial charge on any atom is -0.464 e. The highest BCUT2D eigenvalue weighted by Gasteiger charge is 2.26. The highest BCUT2D eigenvalue weighted by atomic mass is 32.2. The summed E-state index contributed by atoms with van der Waals surface area (Å²) in [6, 6.07) is 0. The minimum atomic E-state index is -3.92. The van der Waals surface area contributed by atoms with Gasteiger partial charge in [-0.25, -0.2) is 27.7 Å². The van der Waals surface area contributed by atoms with E-state index in [2.05, 4.69) is 19.8 Å². The molecule has 1 amide bonds. The molecule has 0 aromatic carbocycles. The lowest BCUT2D eigenvalue weighted by molar-refractivity contribution is 0.0527. The van der Waals surface area contributed by atoms with Gasteiger partial charge in [0.15, 0.2) is 9.90 Å². The zero-order valence-corrected chi connectivity index (χ0v) is 14.8. The van der Waals surface area contributed by atoms with Gasteiger partial charge in [0.1, 0.15) is 5.60 Å². The number of hydrogen-bond acceptors (Lipinski definition) is 8. The average Bonchev–Trinajstić information content (AvgIpc) is 2.91. The summed E-state index contributed by atoms with van der Waals surface area (Å²) in [5.41, 5.74) is 0.326. The molecule has 2 N–H and O–H groups in total. The van der Waals surface area contributed by atoms with Crippen LogP contribution in [0.1, 0.15) is 31.3 Å². The van der Waals surface area contributed by atoms with Gasteiger partial charge in [-0.2, -0.15) is 0 Å². The highest BCUT2D eigenvalue weighted by molar-refractivity contribution is 7.91. The van der Waals surface area contributed by atoms with Gasteiger partial charge in [-0.15, -0.1) is 11.3 Å². The molecule has 11 heteroatoms. The van der Waals surface area contributed by atoms with Crippen molar-refractivity contribution in [1.82, 2.24) is 15.0 Å². The maximum Gasteiger partial charge on any atom is 0.407 e. The highest BCUT2D eigenvalue weighted by Crippen LogP contribution is 2.20. The Bertz CT molecular complexity index is 663. The number of sulfonamides is 1. The van der Waals surface area contributed by atoms with Gasteiger partial charge in [-0.3, -0.25) is 0 Å². The van der Waals surface area contributed by atoms with E-state index in [1.165, 1.54) is 5.51 Å². The summed E-state index contributed by atoms with van der Waals surface area (Å²) in [7, 11) is -2.79. The van der Waals surface area contributed by atoms with Crippen LogP contribution in [0.5, 0.6) is 0 Å². The number of thiazole rings is 1. The Morgan fingerprint density at radius 3 is 2.52 bits per heavy atom. The Balaban J connectivity index is 2.56. The van der Waals surface area contributed by atoms with Crippen molar-refractivity contribution in [2.45, 2.75) is 30.6 Å². The Hall–Kier alpha value is -1.72. The topological polar surface area (TPSA) is 124 Å². The Labute approximate surface area is 138 Å². The molecule has 0 radical (unpaired) electrons. The molecule has 130 valence electrons. The summed E-state index contributed by atoms with van der Waals surface area (Å²) in [5, 5.41) is 2.41. The zero-order valence-electron chi connectivity index (χ0n) is 13.2. The van der Waals surface area contributed by atoms with Crippen LogP contribution in [0.3, 0.4) is 0 Å². The SMILES string of the molecule is COC(=O)c1ncsc1S(=O)(=O)NCCNC(=O)OC(C)(C)C. The van der Waals surface area contributed by atoms with Gasteiger partial charge in [0.05, 0.1) is 12.6 Å². The number of nitrogens with zero attached hydrogens (tertiary/aromatic N) is 1. The molecule has 23 heavy (non-hydrogen) atoms. The standard InChI is InChI=1S/C12H19N3O6S2/c1-12(2,3)21-11(17)13-5-6-15-23(18,19)10-8(9(16)20-4)14-7-22-10/h7,15H,5-6H2,1-4H3,(H,13,17). The molecular weight excluding hydrogens is 346 g/mol. The number of alkyl carbamates (subject to hydrolysis) is 1. The first-order valence-corrected chi connectivity index (χ1v) is 8.91. The summed E-state index contributed by atoms with van der Waals surface area (Å²) in [6.45, 7) is 5.11. The zero-order chi connectivity index (χ0) is 17.7. The molecule has 0 spiro atoms. The monoisotopic (exact) mass is 365 g/mol. The van der Waals surface area contributed by atoms with E-state index in [0.717, 1.165) is 18.4 Å². The molecular formula is C12H19N3O6S2. The van der Waals surface area contributed by atoms with Gasteiger partial charge < -0.3 is 14.8 Å². The van der Waals surface area contributed by atoms with Crippen LogP contribution in [-0.2, 0) is 19.5 Å². The average molecular weight is 365 g/mol. The van der Waals surface area contributed by atoms with Gasteiger partial charge in [0, 0.05) is 13.1 Å². The fourth-order valence-corrected chi connectivity index (χ4v) is 3.60. The van der Waals surface area contributed by atoms with E-state index in [4.69, 9.17) is 4.74 Å². The third kappa shape index (κ3) is 6.12. The molecule has 0 atom stereocenters. The van der Waals surface area contributed by atoms with Crippen LogP contribution < -0.4 is 10.0 Å². The maximum absolute atomic E-state index is 12.1. The summed E-state index contributed by atoms with van der Waals surface area (Å²) in [6.07, 6.45) is -0.648. The van der Waals surface area contributed by atoms with Gasteiger partial charge in [0.2, 0.25) is 0 Å². The molecule has 0 aliphatic heterocycles. The van der Waals surface area contributed by atoms with E-state index >= 15 is 0 Å². The van der Waals surface area contributed by atoms with Crippen LogP contribution in [0.25, 0.3) is 0 Å². The van der Waals surface area contributed by atoms with Crippen molar-refractivity contribution in [3.63, 3.8) is 0 Å². The molecule has 0 unspecified atom stereocenters.